The van der Waals surface area contributed by atoms with Gasteiger partial charge in [0.15, 0.2) is 0 Å². The Hall–Kier alpha value is -2.87. The largest absolute Gasteiger partial charge is 0.350 e. The summed E-state index contributed by atoms with van der Waals surface area (Å²) in [6.45, 7) is 5.98. The van der Waals surface area contributed by atoms with Gasteiger partial charge in [0.25, 0.3) is 5.91 Å². The van der Waals surface area contributed by atoms with E-state index in [1.807, 2.05) is 26.8 Å². The summed E-state index contributed by atoms with van der Waals surface area (Å²) in [5.74, 6) is -0.519. The molecule has 2 rings (SSSR count). The fraction of sp³-hybridized carbons (Fsp3) is 0.391. The van der Waals surface area contributed by atoms with E-state index in [2.05, 4.69) is 10.6 Å². The molecule has 0 spiro atoms. The van der Waals surface area contributed by atoms with Crippen molar-refractivity contribution in [2.45, 2.75) is 46.1 Å². The zero-order valence-corrected chi connectivity index (χ0v) is 19.3. The lowest BCUT2D eigenvalue weighted by Crippen LogP contribution is -2.33. The Balaban J connectivity index is 2.01. The van der Waals surface area contributed by atoms with Gasteiger partial charge < -0.3 is 10.6 Å². The van der Waals surface area contributed by atoms with E-state index in [9.17, 15) is 18.0 Å². The lowest BCUT2D eigenvalue weighted by atomic mass is 10.1. The Morgan fingerprint density at radius 2 is 1.81 bits per heavy atom. The molecule has 0 aliphatic rings. The first-order valence-electron chi connectivity index (χ1n) is 10.4. The van der Waals surface area contributed by atoms with Gasteiger partial charge >= 0.3 is 0 Å². The van der Waals surface area contributed by atoms with E-state index in [1.165, 1.54) is 4.31 Å². The molecule has 0 fully saturated rings. The van der Waals surface area contributed by atoms with Crippen LogP contribution in [0.4, 0.5) is 11.4 Å². The van der Waals surface area contributed by atoms with E-state index >= 15 is 0 Å². The maximum Gasteiger partial charge on any atom is 0.253 e. The summed E-state index contributed by atoms with van der Waals surface area (Å²) >= 11 is 0. The van der Waals surface area contributed by atoms with Crippen molar-refractivity contribution >= 4 is 33.2 Å². The minimum atomic E-state index is -3.47. The average molecular weight is 446 g/mol. The number of benzene rings is 2. The Bertz CT molecular complexity index is 1020. The zero-order valence-electron chi connectivity index (χ0n) is 18.5. The Morgan fingerprint density at radius 3 is 2.45 bits per heavy atom. The third kappa shape index (κ3) is 7.40. The molecule has 8 heteroatoms. The van der Waals surface area contributed by atoms with Crippen LogP contribution < -0.4 is 14.9 Å². The molecule has 168 valence electrons. The highest BCUT2D eigenvalue weighted by Gasteiger charge is 2.18. The highest BCUT2D eigenvalue weighted by atomic mass is 32.2. The molecule has 0 saturated carbocycles. The van der Waals surface area contributed by atoms with Gasteiger partial charge in [0, 0.05) is 19.0 Å². The molecule has 0 heterocycles. The van der Waals surface area contributed by atoms with E-state index in [0.717, 1.165) is 18.2 Å². The number of nitrogens with one attached hydrogen (secondary N) is 2. The summed E-state index contributed by atoms with van der Waals surface area (Å²) in [5, 5.41) is 5.67. The van der Waals surface area contributed by atoms with Gasteiger partial charge in [-0.05, 0) is 56.5 Å². The van der Waals surface area contributed by atoms with Gasteiger partial charge in [0.2, 0.25) is 15.9 Å². The van der Waals surface area contributed by atoms with Gasteiger partial charge in [-0.25, -0.2) is 8.42 Å². The molecule has 1 atom stereocenters. The van der Waals surface area contributed by atoms with Crippen molar-refractivity contribution in [1.29, 1.82) is 0 Å². The van der Waals surface area contributed by atoms with Crippen LogP contribution >= 0.6 is 0 Å². The summed E-state index contributed by atoms with van der Waals surface area (Å²) < 4.78 is 25.8. The van der Waals surface area contributed by atoms with Gasteiger partial charge in [-0.1, -0.05) is 31.2 Å². The molecule has 2 aromatic carbocycles. The molecular weight excluding hydrogens is 414 g/mol. The maximum absolute atomic E-state index is 12.5. The highest BCUT2D eigenvalue weighted by molar-refractivity contribution is 7.92. The van der Waals surface area contributed by atoms with Crippen LogP contribution in [0, 0.1) is 6.92 Å². The standard InChI is InChI=1S/C23H31N3O4S/c1-5-18(3)24-23(28)20-12-6-7-13-21(20)25-22(27)14-9-15-26(31(4,29)30)19-11-8-10-17(2)16-19/h6-8,10-13,16,18H,5,9,14-15H2,1-4H3,(H,24,28)(H,25,27)/t18-/m1/s1. The number of rotatable bonds is 10. The summed E-state index contributed by atoms with van der Waals surface area (Å²) in [6.07, 6.45) is 2.42. The van der Waals surface area contributed by atoms with E-state index in [1.54, 1.807) is 42.5 Å². The van der Waals surface area contributed by atoms with Crippen LogP contribution in [0.1, 0.15) is 49.0 Å². The minimum Gasteiger partial charge on any atom is -0.350 e. The number of hydrogen-bond donors (Lipinski definition) is 2. The number of sulfonamides is 1. The second kappa shape index (κ2) is 10.9. The van der Waals surface area contributed by atoms with Crippen molar-refractivity contribution in [2.75, 3.05) is 22.4 Å². The monoisotopic (exact) mass is 445 g/mol. The van der Waals surface area contributed by atoms with E-state index in [4.69, 9.17) is 0 Å². The Labute approximate surface area is 184 Å². The minimum absolute atomic E-state index is 0.0276. The SMILES string of the molecule is CC[C@@H](C)NC(=O)c1ccccc1NC(=O)CCCN(c1cccc(C)c1)S(C)(=O)=O. The summed E-state index contributed by atoms with van der Waals surface area (Å²) in [7, 11) is -3.47. The summed E-state index contributed by atoms with van der Waals surface area (Å²) in [5.41, 5.74) is 2.37. The topological polar surface area (TPSA) is 95.6 Å². The number of hydrogen-bond acceptors (Lipinski definition) is 4. The van der Waals surface area contributed by atoms with Crippen LogP contribution in [0.3, 0.4) is 0 Å². The van der Waals surface area contributed by atoms with Crippen LogP contribution in [0.5, 0.6) is 0 Å². The van der Waals surface area contributed by atoms with Crippen molar-refractivity contribution in [3.63, 3.8) is 0 Å². The molecule has 31 heavy (non-hydrogen) atoms. The first-order chi connectivity index (χ1) is 14.6. The third-order valence-electron chi connectivity index (χ3n) is 4.89. The maximum atomic E-state index is 12.5. The van der Waals surface area contributed by atoms with Gasteiger partial charge in [-0.15, -0.1) is 0 Å². The molecule has 0 unspecified atom stereocenters. The molecule has 7 nitrogen and oxygen atoms in total. The number of carbonyl (C=O) groups excluding carboxylic acids is 2. The molecule has 0 aromatic heterocycles. The smallest absolute Gasteiger partial charge is 0.253 e. The van der Waals surface area contributed by atoms with E-state index in [0.29, 0.717) is 23.4 Å². The fourth-order valence-electron chi connectivity index (χ4n) is 3.06. The zero-order chi connectivity index (χ0) is 23.0. The van der Waals surface area contributed by atoms with Crippen LogP contribution in [-0.2, 0) is 14.8 Å². The average Bonchev–Trinajstić information content (AvgIpc) is 2.70. The third-order valence-corrected chi connectivity index (χ3v) is 6.08. The number of carbonyl (C=O) groups is 2. The first-order valence-corrected chi connectivity index (χ1v) is 12.2. The predicted molar refractivity (Wildman–Crippen MR) is 125 cm³/mol. The molecule has 0 aliphatic carbocycles. The van der Waals surface area contributed by atoms with Crippen molar-refractivity contribution < 1.29 is 18.0 Å². The lowest BCUT2D eigenvalue weighted by molar-refractivity contribution is -0.116. The first kappa shape index (κ1) is 24.4. The van der Waals surface area contributed by atoms with E-state index in [-0.39, 0.29) is 30.8 Å². The van der Waals surface area contributed by atoms with Crippen molar-refractivity contribution in [3.05, 3.63) is 59.7 Å². The second-order valence-electron chi connectivity index (χ2n) is 7.65. The molecule has 0 saturated heterocycles. The summed E-state index contributed by atoms with van der Waals surface area (Å²) in [6, 6.07) is 14.1. The van der Waals surface area contributed by atoms with Crippen LogP contribution in [0.25, 0.3) is 0 Å². The number of para-hydroxylation sites is 1. The molecule has 0 aliphatic heterocycles. The van der Waals surface area contributed by atoms with Gasteiger partial charge in [0.1, 0.15) is 0 Å². The molecule has 0 radical (unpaired) electrons. The van der Waals surface area contributed by atoms with Crippen LogP contribution in [0.2, 0.25) is 0 Å². The van der Waals surface area contributed by atoms with Crippen molar-refractivity contribution in [1.82, 2.24) is 5.32 Å². The molecule has 0 bridgehead atoms. The Kier molecular flexibility index (Phi) is 8.62. The predicted octanol–water partition coefficient (Wildman–Crippen LogP) is 3.71. The van der Waals surface area contributed by atoms with Gasteiger partial charge in [-0.2, -0.15) is 0 Å². The quantitative estimate of drug-likeness (QED) is 0.583. The molecule has 2 amide bonds. The second-order valence-corrected chi connectivity index (χ2v) is 9.56. The van der Waals surface area contributed by atoms with Gasteiger partial charge in [-0.3, -0.25) is 13.9 Å². The van der Waals surface area contributed by atoms with Crippen molar-refractivity contribution in [3.8, 4) is 0 Å². The number of anilines is 2. The van der Waals surface area contributed by atoms with Gasteiger partial charge in [0.05, 0.1) is 23.2 Å². The molecular formula is C23H31N3O4S. The number of aryl methyl sites for hydroxylation is 1. The van der Waals surface area contributed by atoms with Crippen LogP contribution in [0.15, 0.2) is 48.5 Å². The van der Waals surface area contributed by atoms with Crippen LogP contribution in [-0.4, -0.2) is 39.1 Å². The molecule has 2 N–H and O–H groups in total. The normalized spacial score (nSPS) is 12.1. The lowest BCUT2D eigenvalue weighted by Gasteiger charge is -2.22. The van der Waals surface area contributed by atoms with E-state index < -0.39 is 10.0 Å². The summed E-state index contributed by atoms with van der Waals surface area (Å²) in [4.78, 5) is 25.0. The molecule has 2 aromatic rings. The number of nitrogens with zero attached hydrogens (tertiary/aromatic N) is 1. The highest BCUT2D eigenvalue weighted by Crippen LogP contribution is 2.20. The number of amides is 2. The van der Waals surface area contributed by atoms with Crippen molar-refractivity contribution in [2.24, 2.45) is 0 Å². The fourth-order valence-corrected chi connectivity index (χ4v) is 4.02. The Morgan fingerprint density at radius 1 is 1.10 bits per heavy atom.